The van der Waals surface area contributed by atoms with E-state index in [4.69, 9.17) is 21.1 Å². The fraction of sp³-hybridized carbons (Fsp3) is 0.480. The summed E-state index contributed by atoms with van der Waals surface area (Å²) in [6.07, 6.45) is 4.98. The van der Waals surface area contributed by atoms with Gasteiger partial charge in [0.15, 0.2) is 0 Å². The largest absolute Gasteiger partial charge is 0.484 e. The molecule has 0 N–H and O–H groups in total. The van der Waals surface area contributed by atoms with Crippen LogP contribution < -0.4 is 4.74 Å². The summed E-state index contributed by atoms with van der Waals surface area (Å²) in [6.45, 7) is 5.19. The zero-order valence-corrected chi connectivity index (χ0v) is 21.1. The maximum absolute atomic E-state index is 13.5. The van der Waals surface area contributed by atoms with Crippen molar-refractivity contribution < 1.29 is 19.1 Å². The number of carbonyl (C=O) groups is 2. The number of hydrogen-bond acceptors (Lipinski definition) is 6. The Morgan fingerprint density at radius 3 is 2.60 bits per heavy atom. The van der Waals surface area contributed by atoms with Crippen molar-refractivity contribution in [2.75, 3.05) is 52.5 Å². The van der Waals surface area contributed by atoms with E-state index in [-0.39, 0.29) is 30.8 Å². The first-order valence-electron chi connectivity index (χ1n) is 11.8. The molecule has 2 aromatic rings. The van der Waals surface area contributed by atoms with Crippen molar-refractivity contribution in [2.24, 2.45) is 0 Å². The summed E-state index contributed by atoms with van der Waals surface area (Å²) in [4.78, 5) is 36.7. The van der Waals surface area contributed by atoms with Gasteiger partial charge in [-0.25, -0.2) is 0 Å². The lowest BCUT2D eigenvalue weighted by Crippen LogP contribution is -2.55. The molecule has 2 amide bonds. The standard InChI is InChI=1S/C25H29ClN4O4.ClH/c26-20-3-4-22-21(14-20)24(32)30(18-25(34-22)5-12-33-13-6-25)17-23(31)29-10-8-28(9-11-29)16-19-2-1-7-27-15-19;/h1-4,7,14-15H,5-6,8-13,16-18H2;1H. The monoisotopic (exact) mass is 520 g/mol. The van der Waals surface area contributed by atoms with Crippen LogP contribution in [0.1, 0.15) is 28.8 Å². The molecule has 0 radical (unpaired) electrons. The Hall–Kier alpha value is -2.39. The average Bonchev–Trinajstić information content (AvgIpc) is 2.95. The molecular formula is C25H30Cl2N4O4. The second-order valence-corrected chi connectivity index (χ2v) is 9.65. The minimum atomic E-state index is -0.560. The highest BCUT2D eigenvalue weighted by Crippen LogP contribution is 2.36. The van der Waals surface area contributed by atoms with E-state index in [1.807, 2.05) is 17.2 Å². The molecule has 1 spiro atoms. The second-order valence-electron chi connectivity index (χ2n) is 9.22. The lowest BCUT2D eigenvalue weighted by molar-refractivity contribution is -0.134. The molecule has 8 nitrogen and oxygen atoms in total. The van der Waals surface area contributed by atoms with E-state index < -0.39 is 5.60 Å². The number of aromatic nitrogens is 1. The van der Waals surface area contributed by atoms with Gasteiger partial charge in [0.25, 0.3) is 5.91 Å². The third kappa shape index (κ3) is 5.89. The number of nitrogens with zero attached hydrogens (tertiary/aromatic N) is 4. The van der Waals surface area contributed by atoms with Gasteiger partial charge in [-0.15, -0.1) is 12.4 Å². The Labute approximate surface area is 216 Å². The summed E-state index contributed by atoms with van der Waals surface area (Å²) < 4.78 is 11.9. The highest BCUT2D eigenvalue weighted by Gasteiger charge is 2.42. The van der Waals surface area contributed by atoms with Crippen molar-refractivity contribution in [3.05, 3.63) is 58.9 Å². The third-order valence-corrected chi connectivity index (χ3v) is 7.08. The first-order chi connectivity index (χ1) is 16.5. The van der Waals surface area contributed by atoms with Crippen LogP contribution in [0.25, 0.3) is 0 Å². The Morgan fingerprint density at radius 2 is 1.89 bits per heavy atom. The maximum atomic E-state index is 13.5. The van der Waals surface area contributed by atoms with E-state index in [9.17, 15) is 9.59 Å². The Balaban J connectivity index is 0.00000289. The molecular weight excluding hydrogens is 491 g/mol. The summed E-state index contributed by atoms with van der Waals surface area (Å²) in [5.41, 5.74) is 1.01. The van der Waals surface area contributed by atoms with Crippen molar-refractivity contribution >= 4 is 35.8 Å². The van der Waals surface area contributed by atoms with Crippen molar-refractivity contribution in [2.45, 2.75) is 25.0 Å². The van der Waals surface area contributed by atoms with Crippen LogP contribution in [0.5, 0.6) is 5.75 Å². The fourth-order valence-corrected chi connectivity index (χ4v) is 5.09. The summed E-state index contributed by atoms with van der Waals surface area (Å²) in [6, 6.07) is 9.11. The van der Waals surface area contributed by atoms with Crippen LogP contribution in [0, 0.1) is 0 Å². The predicted molar refractivity (Wildman–Crippen MR) is 134 cm³/mol. The predicted octanol–water partition coefficient (Wildman–Crippen LogP) is 2.89. The van der Waals surface area contributed by atoms with Crippen LogP contribution in [0.15, 0.2) is 42.7 Å². The molecule has 0 atom stereocenters. The first kappa shape index (κ1) is 25.7. The molecule has 0 bridgehead atoms. The lowest BCUT2D eigenvalue weighted by atomic mass is 9.93. The van der Waals surface area contributed by atoms with Gasteiger partial charge in [-0.05, 0) is 29.8 Å². The summed E-state index contributed by atoms with van der Waals surface area (Å²) in [7, 11) is 0. The number of pyridine rings is 1. The van der Waals surface area contributed by atoms with Crippen LogP contribution in [-0.4, -0.2) is 89.6 Å². The number of rotatable bonds is 4. The number of amides is 2. The van der Waals surface area contributed by atoms with Crippen molar-refractivity contribution in [1.29, 1.82) is 0 Å². The van der Waals surface area contributed by atoms with Crippen LogP contribution in [0.4, 0.5) is 0 Å². The summed E-state index contributed by atoms with van der Waals surface area (Å²) in [5, 5.41) is 0.467. The maximum Gasteiger partial charge on any atom is 0.258 e. The summed E-state index contributed by atoms with van der Waals surface area (Å²) >= 11 is 6.19. The summed E-state index contributed by atoms with van der Waals surface area (Å²) in [5.74, 6) is 0.266. The molecule has 1 aromatic carbocycles. The highest BCUT2D eigenvalue weighted by molar-refractivity contribution is 6.31. The molecule has 0 aliphatic carbocycles. The SMILES string of the molecule is Cl.O=C(CN1CC2(CCOCC2)Oc2ccc(Cl)cc2C1=O)N1CCN(Cc2cccnc2)CC1. The molecule has 3 aliphatic rings. The van der Waals surface area contributed by atoms with Crippen LogP contribution in [0.3, 0.4) is 0 Å². The zero-order chi connectivity index (χ0) is 23.5. The molecule has 4 heterocycles. The molecule has 0 unspecified atom stereocenters. The smallest absolute Gasteiger partial charge is 0.258 e. The normalized spacial score (nSPS) is 20.0. The van der Waals surface area contributed by atoms with Gasteiger partial charge in [-0.2, -0.15) is 0 Å². The molecule has 0 saturated carbocycles. The quantitative estimate of drug-likeness (QED) is 0.616. The van der Waals surface area contributed by atoms with E-state index in [1.54, 1.807) is 29.3 Å². The molecule has 2 saturated heterocycles. The number of benzene rings is 1. The average molecular weight is 521 g/mol. The van der Waals surface area contributed by atoms with E-state index in [1.165, 1.54) is 0 Å². The highest BCUT2D eigenvalue weighted by atomic mass is 35.5. The van der Waals surface area contributed by atoms with Crippen molar-refractivity contribution in [3.63, 3.8) is 0 Å². The minimum absolute atomic E-state index is 0. The number of halogens is 2. The number of fused-ring (bicyclic) bond motifs is 1. The molecule has 35 heavy (non-hydrogen) atoms. The van der Waals surface area contributed by atoms with Crippen molar-refractivity contribution in [1.82, 2.24) is 19.7 Å². The van der Waals surface area contributed by atoms with Crippen molar-refractivity contribution in [3.8, 4) is 5.75 Å². The molecule has 5 rings (SSSR count). The Kier molecular flexibility index (Phi) is 8.16. The van der Waals surface area contributed by atoms with Gasteiger partial charge in [-0.1, -0.05) is 17.7 Å². The van der Waals surface area contributed by atoms with Crippen LogP contribution >= 0.6 is 24.0 Å². The second kappa shape index (κ2) is 11.1. The van der Waals surface area contributed by atoms with E-state index in [0.29, 0.717) is 62.0 Å². The number of hydrogen-bond donors (Lipinski definition) is 0. The van der Waals surface area contributed by atoms with Gasteiger partial charge in [0.2, 0.25) is 5.91 Å². The lowest BCUT2D eigenvalue weighted by Gasteiger charge is -2.39. The van der Waals surface area contributed by atoms with Gasteiger partial charge in [0.05, 0.1) is 25.3 Å². The molecule has 1 aromatic heterocycles. The molecule has 10 heteroatoms. The van der Waals surface area contributed by atoms with Gasteiger partial charge in [-0.3, -0.25) is 19.5 Å². The van der Waals surface area contributed by atoms with Gasteiger partial charge in [0.1, 0.15) is 17.9 Å². The number of carbonyl (C=O) groups excluding carboxylic acids is 2. The molecule has 3 aliphatic heterocycles. The topological polar surface area (TPSA) is 75.2 Å². The fourth-order valence-electron chi connectivity index (χ4n) is 4.91. The van der Waals surface area contributed by atoms with E-state index in [0.717, 1.165) is 25.2 Å². The minimum Gasteiger partial charge on any atom is -0.484 e. The van der Waals surface area contributed by atoms with Gasteiger partial charge in [0, 0.05) is 63.0 Å². The van der Waals surface area contributed by atoms with Crippen LogP contribution in [0.2, 0.25) is 5.02 Å². The van der Waals surface area contributed by atoms with E-state index in [2.05, 4.69) is 16.0 Å². The first-order valence-corrected chi connectivity index (χ1v) is 12.1. The van der Waals surface area contributed by atoms with Gasteiger partial charge < -0.3 is 19.3 Å². The van der Waals surface area contributed by atoms with E-state index >= 15 is 0 Å². The Bertz CT molecular complexity index is 1040. The number of piperazine rings is 1. The molecule has 188 valence electrons. The zero-order valence-electron chi connectivity index (χ0n) is 19.5. The van der Waals surface area contributed by atoms with Gasteiger partial charge >= 0.3 is 0 Å². The van der Waals surface area contributed by atoms with Crippen LogP contribution in [-0.2, 0) is 16.1 Å². The Morgan fingerprint density at radius 1 is 1.11 bits per heavy atom. The molecule has 2 fully saturated rings. The number of ether oxygens (including phenoxy) is 2. The third-order valence-electron chi connectivity index (χ3n) is 6.85.